The highest BCUT2D eigenvalue weighted by Crippen LogP contribution is 2.21. The SMILES string of the molecule is Cc1cnnc(OC2CCCCCC2N)c1. The van der Waals surface area contributed by atoms with Crippen molar-refractivity contribution in [2.75, 3.05) is 0 Å². The monoisotopic (exact) mass is 221 g/mol. The van der Waals surface area contributed by atoms with E-state index in [0.717, 1.165) is 18.4 Å². The van der Waals surface area contributed by atoms with Crippen LogP contribution in [-0.4, -0.2) is 22.3 Å². The highest BCUT2D eigenvalue weighted by molar-refractivity contribution is 5.15. The van der Waals surface area contributed by atoms with Crippen LogP contribution in [0, 0.1) is 6.92 Å². The van der Waals surface area contributed by atoms with Gasteiger partial charge in [0.15, 0.2) is 0 Å². The van der Waals surface area contributed by atoms with E-state index in [-0.39, 0.29) is 12.1 Å². The summed E-state index contributed by atoms with van der Waals surface area (Å²) >= 11 is 0. The first-order valence-corrected chi connectivity index (χ1v) is 5.97. The summed E-state index contributed by atoms with van der Waals surface area (Å²) in [7, 11) is 0. The third kappa shape index (κ3) is 2.92. The van der Waals surface area contributed by atoms with Crippen molar-refractivity contribution in [1.82, 2.24) is 10.2 Å². The number of ether oxygens (including phenoxy) is 1. The molecule has 1 aliphatic rings. The van der Waals surface area contributed by atoms with Gasteiger partial charge in [-0.05, 0) is 31.7 Å². The molecule has 0 aliphatic heterocycles. The van der Waals surface area contributed by atoms with E-state index >= 15 is 0 Å². The van der Waals surface area contributed by atoms with E-state index < -0.39 is 0 Å². The van der Waals surface area contributed by atoms with Crippen molar-refractivity contribution in [2.45, 2.75) is 51.2 Å². The summed E-state index contributed by atoms with van der Waals surface area (Å²) in [6.07, 6.45) is 7.55. The van der Waals surface area contributed by atoms with Gasteiger partial charge in [0.05, 0.1) is 6.20 Å². The van der Waals surface area contributed by atoms with Crippen LogP contribution in [-0.2, 0) is 0 Å². The van der Waals surface area contributed by atoms with E-state index in [4.69, 9.17) is 10.5 Å². The molecule has 4 heteroatoms. The fraction of sp³-hybridized carbons (Fsp3) is 0.667. The first-order valence-electron chi connectivity index (χ1n) is 5.97. The van der Waals surface area contributed by atoms with Crippen molar-refractivity contribution in [3.63, 3.8) is 0 Å². The largest absolute Gasteiger partial charge is 0.472 e. The van der Waals surface area contributed by atoms with Crippen LogP contribution in [0.2, 0.25) is 0 Å². The predicted molar refractivity (Wildman–Crippen MR) is 62.2 cm³/mol. The Morgan fingerprint density at radius 3 is 2.94 bits per heavy atom. The standard InChI is InChI=1S/C12H19N3O/c1-9-7-12(15-14-8-9)16-11-6-4-2-3-5-10(11)13/h7-8,10-11H,2-6,13H2,1H3. The molecular formula is C12H19N3O. The smallest absolute Gasteiger partial charge is 0.233 e. The van der Waals surface area contributed by atoms with Gasteiger partial charge >= 0.3 is 0 Å². The van der Waals surface area contributed by atoms with Crippen molar-refractivity contribution >= 4 is 0 Å². The fourth-order valence-electron chi connectivity index (χ4n) is 2.10. The second kappa shape index (κ2) is 5.25. The lowest BCUT2D eigenvalue weighted by Crippen LogP contribution is -2.38. The lowest BCUT2D eigenvalue weighted by Gasteiger charge is -2.21. The molecule has 1 saturated carbocycles. The zero-order valence-electron chi connectivity index (χ0n) is 9.72. The van der Waals surface area contributed by atoms with Gasteiger partial charge in [0.1, 0.15) is 6.10 Å². The molecule has 0 aromatic carbocycles. The van der Waals surface area contributed by atoms with Gasteiger partial charge in [-0.25, -0.2) is 0 Å². The van der Waals surface area contributed by atoms with Crippen LogP contribution in [0.3, 0.4) is 0 Å². The molecular weight excluding hydrogens is 202 g/mol. The molecule has 2 rings (SSSR count). The molecule has 1 aromatic heterocycles. The zero-order valence-corrected chi connectivity index (χ0v) is 9.72. The van der Waals surface area contributed by atoms with Crippen LogP contribution >= 0.6 is 0 Å². The van der Waals surface area contributed by atoms with E-state index in [1.165, 1.54) is 19.3 Å². The summed E-state index contributed by atoms with van der Waals surface area (Å²) in [6, 6.07) is 2.04. The quantitative estimate of drug-likeness (QED) is 0.774. The Hall–Kier alpha value is -1.16. The zero-order chi connectivity index (χ0) is 11.4. The molecule has 1 aromatic rings. The molecule has 0 amide bonds. The van der Waals surface area contributed by atoms with Crippen molar-refractivity contribution in [2.24, 2.45) is 5.73 Å². The Balaban J connectivity index is 2.02. The maximum atomic E-state index is 6.09. The van der Waals surface area contributed by atoms with Crippen LogP contribution in [0.1, 0.15) is 37.7 Å². The molecule has 0 radical (unpaired) electrons. The summed E-state index contributed by atoms with van der Waals surface area (Å²) in [5.74, 6) is 0.599. The minimum absolute atomic E-state index is 0.0959. The van der Waals surface area contributed by atoms with Gasteiger partial charge in [0.25, 0.3) is 0 Å². The van der Waals surface area contributed by atoms with Gasteiger partial charge in [-0.2, -0.15) is 5.10 Å². The van der Waals surface area contributed by atoms with Gasteiger partial charge < -0.3 is 10.5 Å². The number of nitrogens with zero attached hydrogens (tertiary/aromatic N) is 2. The molecule has 1 fully saturated rings. The van der Waals surface area contributed by atoms with Crippen LogP contribution in [0.5, 0.6) is 5.88 Å². The topological polar surface area (TPSA) is 61.0 Å². The fourth-order valence-corrected chi connectivity index (χ4v) is 2.10. The number of hydrogen-bond donors (Lipinski definition) is 1. The number of nitrogens with two attached hydrogens (primary N) is 1. The molecule has 2 atom stereocenters. The number of rotatable bonds is 2. The first kappa shape index (κ1) is 11.3. The van der Waals surface area contributed by atoms with Crippen molar-refractivity contribution in [1.29, 1.82) is 0 Å². The van der Waals surface area contributed by atoms with E-state index in [2.05, 4.69) is 10.2 Å². The Labute approximate surface area is 96.2 Å². The first-order chi connectivity index (χ1) is 7.75. The maximum Gasteiger partial charge on any atom is 0.233 e. The van der Waals surface area contributed by atoms with Crippen LogP contribution in [0.4, 0.5) is 0 Å². The highest BCUT2D eigenvalue weighted by Gasteiger charge is 2.22. The van der Waals surface area contributed by atoms with Crippen LogP contribution in [0.15, 0.2) is 12.3 Å². The normalized spacial score (nSPS) is 26.1. The molecule has 1 aliphatic carbocycles. The Morgan fingerprint density at radius 2 is 2.12 bits per heavy atom. The van der Waals surface area contributed by atoms with E-state index in [9.17, 15) is 0 Å². The molecule has 0 bridgehead atoms. The van der Waals surface area contributed by atoms with Gasteiger partial charge in [-0.3, -0.25) is 0 Å². The Morgan fingerprint density at radius 1 is 1.31 bits per heavy atom. The third-order valence-corrected chi connectivity index (χ3v) is 3.04. The van der Waals surface area contributed by atoms with Crippen molar-refractivity contribution in [3.05, 3.63) is 17.8 Å². The maximum absolute atomic E-state index is 6.09. The highest BCUT2D eigenvalue weighted by atomic mass is 16.5. The molecule has 88 valence electrons. The lowest BCUT2D eigenvalue weighted by molar-refractivity contribution is 0.154. The van der Waals surface area contributed by atoms with E-state index in [0.29, 0.717) is 5.88 Å². The molecule has 4 nitrogen and oxygen atoms in total. The summed E-state index contributed by atoms with van der Waals surface area (Å²) in [5, 5.41) is 7.85. The number of aryl methyl sites for hydroxylation is 1. The Bertz CT molecular complexity index is 343. The minimum atomic E-state index is 0.0959. The number of hydrogen-bond acceptors (Lipinski definition) is 4. The molecule has 2 N–H and O–H groups in total. The van der Waals surface area contributed by atoms with E-state index in [1.807, 2.05) is 13.0 Å². The number of aromatic nitrogens is 2. The van der Waals surface area contributed by atoms with E-state index in [1.54, 1.807) is 6.20 Å². The van der Waals surface area contributed by atoms with Crippen LogP contribution < -0.4 is 10.5 Å². The average molecular weight is 221 g/mol. The van der Waals surface area contributed by atoms with Crippen molar-refractivity contribution < 1.29 is 4.74 Å². The molecule has 16 heavy (non-hydrogen) atoms. The second-order valence-corrected chi connectivity index (χ2v) is 4.53. The minimum Gasteiger partial charge on any atom is -0.472 e. The van der Waals surface area contributed by atoms with Gasteiger partial charge in [0.2, 0.25) is 5.88 Å². The molecule has 0 saturated heterocycles. The second-order valence-electron chi connectivity index (χ2n) is 4.53. The van der Waals surface area contributed by atoms with Gasteiger partial charge in [-0.1, -0.05) is 12.8 Å². The summed E-state index contributed by atoms with van der Waals surface area (Å²) in [4.78, 5) is 0. The van der Waals surface area contributed by atoms with Gasteiger partial charge in [0, 0.05) is 12.1 Å². The van der Waals surface area contributed by atoms with Crippen LogP contribution in [0.25, 0.3) is 0 Å². The molecule has 2 unspecified atom stereocenters. The predicted octanol–water partition coefficient (Wildman–Crippen LogP) is 1.82. The summed E-state index contributed by atoms with van der Waals surface area (Å²) < 4.78 is 5.83. The third-order valence-electron chi connectivity index (χ3n) is 3.04. The average Bonchev–Trinajstić information content (AvgIpc) is 2.45. The molecule has 0 spiro atoms. The summed E-state index contributed by atoms with van der Waals surface area (Å²) in [5.41, 5.74) is 7.15. The van der Waals surface area contributed by atoms with Crippen molar-refractivity contribution in [3.8, 4) is 5.88 Å². The lowest BCUT2D eigenvalue weighted by atomic mass is 10.1. The Kier molecular flexibility index (Phi) is 3.72. The summed E-state index contributed by atoms with van der Waals surface area (Å²) in [6.45, 7) is 1.98. The van der Waals surface area contributed by atoms with Gasteiger partial charge in [-0.15, -0.1) is 5.10 Å². The molecule has 1 heterocycles.